The van der Waals surface area contributed by atoms with Crippen molar-refractivity contribution in [3.8, 4) is 0 Å². The van der Waals surface area contributed by atoms with E-state index in [9.17, 15) is 9.90 Å². The first-order chi connectivity index (χ1) is 8.18. The van der Waals surface area contributed by atoms with Crippen LogP contribution in [0, 0.1) is 0 Å². The molecule has 1 aliphatic heterocycles. The van der Waals surface area contributed by atoms with E-state index in [2.05, 4.69) is 5.32 Å². The van der Waals surface area contributed by atoms with Gasteiger partial charge in [-0.25, -0.2) is 0 Å². The number of nitrogens with one attached hydrogen (secondary N) is 1. The van der Waals surface area contributed by atoms with Crippen LogP contribution in [0.1, 0.15) is 38.5 Å². The molecule has 3 N–H and O–H groups in total. The smallest absolute Gasteiger partial charge is 0.303 e. The Balaban J connectivity index is 2.09. The quantitative estimate of drug-likeness (QED) is 0.550. The molecule has 0 aromatic heterocycles. The number of aliphatic hydroxyl groups is 1. The van der Waals surface area contributed by atoms with Gasteiger partial charge in [-0.3, -0.25) is 4.79 Å². The van der Waals surface area contributed by atoms with Crippen molar-refractivity contribution in [2.45, 2.75) is 44.1 Å². The highest BCUT2D eigenvalue weighted by molar-refractivity contribution is 5.66. The van der Waals surface area contributed by atoms with Gasteiger partial charge < -0.3 is 20.3 Å². The van der Waals surface area contributed by atoms with E-state index in [0.717, 1.165) is 38.6 Å². The predicted octanol–water partition coefficient (Wildman–Crippen LogP) is 0.762. The third-order valence-electron chi connectivity index (χ3n) is 3.32. The molecule has 0 atom stereocenters. The Morgan fingerprint density at radius 2 is 1.94 bits per heavy atom. The lowest BCUT2D eigenvalue weighted by Crippen LogP contribution is -2.52. The van der Waals surface area contributed by atoms with Gasteiger partial charge in [-0.15, -0.1) is 0 Å². The zero-order chi connectivity index (χ0) is 12.6. The molecule has 0 spiro atoms. The summed E-state index contributed by atoms with van der Waals surface area (Å²) < 4.78 is 5.28. The topological polar surface area (TPSA) is 78.8 Å². The van der Waals surface area contributed by atoms with E-state index in [4.69, 9.17) is 9.84 Å². The molecule has 1 rings (SSSR count). The zero-order valence-electron chi connectivity index (χ0n) is 10.3. The lowest BCUT2D eigenvalue weighted by Gasteiger charge is -2.36. The maximum atomic E-state index is 10.3. The van der Waals surface area contributed by atoms with Crippen LogP contribution in [-0.4, -0.2) is 48.1 Å². The number of ether oxygens (including phenoxy) is 1. The molecule has 1 aliphatic rings. The van der Waals surface area contributed by atoms with Crippen molar-refractivity contribution in [2.75, 3.05) is 26.4 Å². The minimum atomic E-state index is -0.728. The number of carboxylic acids is 1. The van der Waals surface area contributed by atoms with Crippen LogP contribution in [-0.2, 0) is 9.53 Å². The van der Waals surface area contributed by atoms with Gasteiger partial charge in [0.1, 0.15) is 0 Å². The fourth-order valence-corrected chi connectivity index (χ4v) is 2.08. The summed E-state index contributed by atoms with van der Waals surface area (Å²) >= 11 is 0. The SMILES string of the molecule is O=C(O)CCCCCNC1(CO)CCOCC1. The minimum Gasteiger partial charge on any atom is -0.481 e. The summed E-state index contributed by atoms with van der Waals surface area (Å²) in [6.45, 7) is 2.38. The van der Waals surface area contributed by atoms with E-state index in [1.165, 1.54) is 0 Å². The molecular formula is C12H23NO4. The number of hydrogen-bond donors (Lipinski definition) is 3. The van der Waals surface area contributed by atoms with Crippen molar-refractivity contribution >= 4 is 5.97 Å². The van der Waals surface area contributed by atoms with E-state index in [1.54, 1.807) is 0 Å². The van der Waals surface area contributed by atoms with Crippen molar-refractivity contribution in [3.05, 3.63) is 0 Å². The van der Waals surface area contributed by atoms with E-state index >= 15 is 0 Å². The summed E-state index contributed by atoms with van der Waals surface area (Å²) in [6.07, 6.45) is 4.54. The molecule has 0 unspecified atom stereocenters. The second kappa shape index (κ2) is 7.63. The molecule has 0 aromatic rings. The van der Waals surface area contributed by atoms with Crippen molar-refractivity contribution in [2.24, 2.45) is 0 Å². The lowest BCUT2D eigenvalue weighted by atomic mass is 9.91. The molecule has 1 heterocycles. The van der Waals surface area contributed by atoms with Crippen LogP contribution < -0.4 is 5.32 Å². The van der Waals surface area contributed by atoms with Gasteiger partial charge in [0.2, 0.25) is 0 Å². The Kier molecular flexibility index (Phi) is 6.47. The summed E-state index contributed by atoms with van der Waals surface area (Å²) in [4.78, 5) is 10.3. The Labute approximate surface area is 102 Å². The van der Waals surface area contributed by atoms with E-state index in [0.29, 0.717) is 13.2 Å². The minimum absolute atomic E-state index is 0.144. The molecule has 0 amide bonds. The van der Waals surface area contributed by atoms with Gasteiger partial charge in [-0.2, -0.15) is 0 Å². The number of hydrogen-bond acceptors (Lipinski definition) is 4. The van der Waals surface area contributed by atoms with Gasteiger partial charge in [0.05, 0.1) is 6.61 Å². The molecule has 0 aromatic carbocycles. The molecule has 1 fully saturated rings. The van der Waals surface area contributed by atoms with E-state index in [1.807, 2.05) is 0 Å². The van der Waals surface area contributed by atoms with Crippen LogP contribution in [0.5, 0.6) is 0 Å². The Hall–Kier alpha value is -0.650. The number of unbranched alkanes of at least 4 members (excludes halogenated alkanes) is 2. The van der Waals surface area contributed by atoms with Crippen LogP contribution in [0.4, 0.5) is 0 Å². The molecule has 100 valence electrons. The van der Waals surface area contributed by atoms with E-state index < -0.39 is 5.97 Å². The van der Waals surface area contributed by atoms with Gasteiger partial charge in [-0.1, -0.05) is 6.42 Å². The standard InChI is InChI=1S/C12H23NO4/c14-10-12(5-8-17-9-6-12)13-7-3-1-2-4-11(15)16/h13-14H,1-10H2,(H,15,16). The van der Waals surface area contributed by atoms with Gasteiger partial charge in [0.25, 0.3) is 0 Å². The molecule has 5 heteroatoms. The summed E-state index contributed by atoms with van der Waals surface area (Å²) in [5, 5.41) is 21.3. The monoisotopic (exact) mass is 245 g/mol. The first-order valence-corrected chi connectivity index (χ1v) is 6.34. The van der Waals surface area contributed by atoms with Crippen molar-refractivity contribution in [3.63, 3.8) is 0 Å². The molecule has 0 saturated carbocycles. The fourth-order valence-electron chi connectivity index (χ4n) is 2.08. The van der Waals surface area contributed by atoms with Crippen LogP contribution in [0.15, 0.2) is 0 Å². The Bertz CT molecular complexity index is 227. The summed E-state index contributed by atoms with van der Waals surface area (Å²) in [6, 6.07) is 0. The number of carbonyl (C=O) groups is 1. The molecule has 17 heavy (non-hydrogen) atoms. The van der Waals surface area contributed by atoms with Gasteiger partial charge >= 0.3 is 5.97 Å². The molecule has 5 nitrogen and oxygen atoms in total. The molecular weight excluding hydrogens is 222 g/mol. The maximum absolute atomic E-state index is 10.3. The molecule has 0 radical (unpaired) electrons. The fraction of sp³-hybridized carbons (Fsp3) is 0.917. The predicted molar refractivity (Wildman–Crippen MR) is 64.0 cm³/mol. The largest absolute Gasteiger partial charge is 0.481 e. The highest BCUT2D eigenvalue weighted by atomic mass is 16.5. The average Bonchev–Trinajstić information content (AvgIpc) is 2.34. The van der Waals surface area contributed by atoms with Crippen LogP contribution in [0.25, 0.3) is 0 Å². The van der Waals surface area contributed by atoms with Crippen molar-refractivity contribution in [1.29, 1.82) is 0 Å². The molecule has 1 saturated heterocycles. The third kappa shape index (κ3) is 5.48. The van der Waals surface area contributed by atoms with Crippen molar-refractivity contribution < 1.29 is 19.7 Å². The molecule has 0 bridgehead atoms. The van der Waals surface area contributed by atoms with Crippen LogP contribution in [0.3, 0.4) is 0 Å². The summed E-state index contributed by atoms with van der Waals surface area (Å²) in [5.74, 6) is -0.728. The second-order valence-electron chi connectivity index (χ2n) is 4.68. The number of rotatable bonds is 8. The average molecular weight is 245 g/mol. The number of aliphatic carboxylic acids is 1. The van der Waals surface area contributed by atoms with Crippen molar-refractivity contribution in [1.82, 2.24) is 5.32 Å². The van der Waals surface area contributed by atoms with E-state index in [-0.39, 0.29) is 18.6 Å². The Morgan fingerprint density at radius 1 is 1.24 bits per heavy atom. The zero-order valence-corrected chi connectivity index (χ0v) is 10.3. The number of carboxylic acid groups (broad SMARTS) is 1. The second-order valence-corrected chi connectivity index (χ2v) is 4.68. The van der Waals surface area contributed by atoms with Gasteiger partial charge in [0.15, 0.2) is 0 Å². The summed E-state index contributed by atoms with van der Waals surface area (Å²) in [7, 11) is 0. The highest BCUT2D eigenvalue weighted by Gasteiger charge is 2.30. The van der Waals surface area contributed by atoms with Crippen LogP contribution >= 0.6 is 0 Å². The molecule has 0 aliphatic carbocycles. The highest BCUT2D eigenvalue weighted by Crippen LogP contribution is 2.19. The number of aliphatic hydroxyl groups excluding tert-OH is 1. The lowest BCUT2D eigenvalue weighted by molar-refractivity contribution is -0.137. The third-order valence-corrected chi connectivity index (χ3v) is 3.32. The van der Waals surface area contributed by atoms with Crippen LogP contribution in [0.2, 0.25) is 0 Å². The maximum Gasteiger partial charge on any atom is 0.303 e. The van der Waals surface area contributed by atoms with Gasteiger partial charge in [0, 0.05) is 25.2 Å². The van der Waals surface area contributed by atoms with Gasteiger partial charge in [-0.05, 0) is 32.2 Å². The normalized spacial score (nSPS) is 19.1. The first kappa shape index (κ1) is 14.4. The first-order valence-electron chi connectivity index (χ1n) is 6.34. The summed E-state index contributed by atoms with van der Waals surface area (Å²) in [5.41, 5.74) is -0.176. The Morgan fingerprint density at radius 3 is 2.53 bits per heavy atom.